The minimum atomic E-state index is -0.546. The second-order valence-corrected chi connectivity index (χ2v) is 5.27. The minimum Gasteiger partial charge on any atom is -0.459 e. The average molecular weight is 234 g/mol. The molecule has 0 radical (unpaired) electrons. The van der Waals surface area contributed by atoms with Crippen LogP contribution in [0.25, 0.3) is 0 Å². The van der Waals surface area contributed by atoms with E-state index in [-0.39, 0.29) is 12.6 Å². The lowest BCUT2D eigenvalue weighted by molar-refractivity contribution is -0.494. The molecule has 0 aromatic rings. The van der Waals surface area contributed by atoms with Gasteiger partial charge in [0.15, 0.2) is 0 Å². The predicted octanol–water partition coefficient (Wildman–Crippen LogP) is 2.41. The van der Waals surface area contributed by atoms with Crippen molar-refractivity contribution in [3.8, 4) is 0 Å². The Morgan fingerprint density at radius 3 is 2.25 bits per heavy atom. The lowest BCUT2D eigenvalue weighted by Gasteiger charge is -2.23. The van der Waals surface area contributed by atoms with E-state index in [1.807, 2.05) is 13.8 Å². The van der Waals surface area contributed by atoms with E-state index < -0.39 is 11.5 Å². The molecule has 0 aromatic heterocycles. The third-order valence-corrected chi connectivity index (χ3v) is 1.93. The first-order chi connectivity index (χ1) is 7.27. The number of hydrogen-bond donors (Lipinski definition) is 1. The summed E-state index contributed by atoms with van der Waals surface area (Å²) in [5.41, 5.74) is -0.546. The predicted molar refractivity (Wildman–Crippen MR) is 58.5 cm³/mol. The molecule has 0 heterocycles. The summed E-state index contributed by atoms with van der Waals surface area (Å²) in [6, 6.07) is 0. The van der Waals surface area contributed by atoms with Gasteiger partial charge in [0, 0.05) is 0 Å². The summed E-state index contributed by atoms with van der Waals surface area (Å²) in [6.45, 7) is 9.40. The van der Waals surface area contributed by atoms with Gasteiger partial charge < -0.3 is 4.74 Å². The fraction of sp³-hybridized carbons (Fsp3) is 0.909. The quantitative estimate of drug-likeness (QED) is 0.434. The third-order valence-electron chi connectivity index (χ3n) is 1.93. The second kappa shape index (κ2) is 6.83. The van der Waals surface area contributed by atoms with Crippen LogP contribution in [0.2, 0.25) is 0 Å². The Morgan fingerprint density at radius 1 is 1.31 bits per heavy atom. The molecule has 0 saturated heterocycles. The molecule has 16 heavy (non-hydrogen) atoms. The van der Waals surface area contributed by atoms with Gasteiger partial charge in [-0.1, -0.05) is 18.9 Å². The molecule has 0 fully saturated rings. The molecule has 1 unspecified atom stereocenters. The van der Waals surface area contributed by atoms with Crippen molar-refractivity contribution in [3.63, 3.8) is 0 Å². The third kappa shape index (κ3) is 6.76. The van der Waals surface area contributed by atoms with Crippen molar-refractivity contribution >= 4 is 5.97 Å². The number of esters is 1. The first kappa shape index (κ1) is 15.3. The Bertz CT molecular complexity index is 207. The molecule has 0 bridgehead atoms. The summed E-state index contributed by atoms with van der Waals surface area (Å²) in [5.74, 6) is 0.0692. The maximum absolute atomic E-state index is 11.6. The molecular formula is C11H22O5. The average Bonchev–Trinajstić information content (AvgIpc) is 2.11. The molecule has 0 spiro atoms. The number of carbonyl (C=O) groups is 1. The van der Waals surface area contributed by atoms with Crippen LogP contribution in [0.3, 0.4) is 0 Å². The zero-order chi connectivity index (χ0) is 12.8. The largest absolute Gasteiger partial charge is 0.459 e. The van der Waals surface area contributed by atoms with Crippen LogP contribution in [0, 0.1) is 11.3 Å². The topological polar surface area (TPSA) is 65.0 Å². The van der Waals surface area contributed by atoms with Crippen LogP contribution in [-0.2, 0) is 19.5 Å². The van der Waals surface area contributed by atoms with E-state index in [2.05, 4.69) is 9.93 Å². The normalized spacial score (nSPS) is 13.9. The highest BCUT2D eigenvalue weighted by molar-refractivity contribution is 5.75. The Hall–Kier alpha value is -0.650. The van der Waals surface area contributed by atoms with Gasteiger partial charge in [-0.2, -0.15) is 0 Å². The van der Waals surface area contributed by atoms with Crippen LogP contribution in [0.4, 0.5) is 0 Å². The van der Waals surface area contributed by atoms with Crippen molar-refractivity contribution in [1.29, 1.82) is 0 Å². The van der Waals surface area contributed by atoms with E-state index in [9.17, 15) is 4.79 Å². The van der Waals surface area contributed by atoms with Crippen LogP contribution in [0.5, 0.6) is 0 Å². The summed E-state index contributed by atoms with van der Waals surface area (Å²) in [5, 5.41) is 11.6. The Balaban J connectivity index is 4.24. The zero-order valence-electron chi connectivity index (χ0n) is 10.6. The molecule has 0 saturated carbocycles. The molecule has 5 nitrogen and oxygen atoms in total. The van der Waals surface area contributed by atoms with Gasteiger partial charge in [-0.05, 0) is 33.1 Å². The number of ether oxygens (including phenoxy) is 1. The summed E-state index contributed by atoms with van der Waals surface area (Å²) in [6.07, 6.45) is 0.254. The molecule has 96 valence electrons. The first-order valence-corrected chi connectivity index (χ1v) is 5.41. The Labute approximate surface area is 96.5 Å². The zero-order valence-corrected chi connectivity index (χ0v) is 10.6. The van der Waals surface area contributed by atoms with E-state index in [1.165, 1.54) is 0 Å². The van der Waals surface area contributed by atoms with Gasteiger partial charge >= 0.3 is 5.97 Å². The fourth-order valence-corrected chi connectivity index (χ4v) is 1.11. The molecule has 1 N–H and O–H groups in total. The van der Waals surface area contributed by atoms with Gasteiger partial charge in [0.25, 0.3) is 0 Å². The van der Waals surface area contributed by atoms with Crippen LogP contribution in [0.15, 0.2) is 0 Å². The van der Waals surface area contributed by atoms with Crippen molar-refractivity contribution in [3.05, 3.63) is 0 Å². The number of carbonyl (C=O) groups excluding carboxylic acids is 1. The number of hydrogen-bond acceptors (Lipinski definition) is 5. The molecule has 0 aliphatic heterocycles. The van der Waals surface area contributed by atoms with E-state index in [0.29, 0.717) is 12.3 Å². The molecule has 1 atom stereocenters. The highest BCUT2D eigenvalue weighted by atomic mass is 17.5. The van der Waals surface area contributed by atoms with Crippen LogP contribution >= 0.6 is 0 Å². The summed E-state index contributed by atoms with van der Waals surface area (Å²) >= 11 is 0. The van der Waals surface area contributed by atoms with Crippen molar-refractivity contribution in [2.45, 2.75) is 47.1 Å². The van der Waals surface area contributed by atoms with Crippen molar-refractivity contribution in [2.75, 3.05) is 6.61 Å². The lowest BCUT2D eigenvalue weighted by Crippen LogP contribution is -2.31. The van der Waals surface area contributed by atoms with Crippen LogP contribution in [0.1, 0.15) is 41.0 Å². The molecule has 0 aromatic carbocycles. The summed E-state index contributed by atoms with van der Waals surface area (Å²) < 4.78 is 5.27. The summed E-state index contributed by atoms with van der Waals surface area (Å²) in [4.78, 5) is 16.0. The minimum absolute atomic E-state index is 0.0243. The lowest BCUT2D eigenvalue weighted by atomic mass is 9.97. The SMILES string of the molecule is CC(C)CC(COOO)OC(=O)C(C)(C)C. The highest BCUT2D eigenvalue weighted by Gasteiger charge is 2.27. The molecular weight excluding hydrogens is 212 g/mol. The van der Waals surface area contributed by atoms with Gasteiger partial charge in [0.2, 0.25) is 0 Å². The molecule has 5 heteroatoms. The van der Waals surface area contributed by atoms with Gasteiger partial charge in [-0.15, -0.1) is 0 Å². The van der Waals surface area contributed by atoms with Gasteiger partial charge in [-0.25, -0.2) is 10.1 Å². The second-order valence-electron chi connectivity index (χ2n) is 5.27. The van der Waals surface area contributed by atoms with Crippen LogP contribution in [-0.4, -0.2) is 23.9 Å². The van der Waals surface area contributed by atoms with Crippen molar-refractivity contribution in [2.24, 2.45) is 11.3 Å². The van der Waals surface area contributed by atoms with Gasteiger partial charge in [0.1, 0.15) is 12.7 Å². The fourth-order valence-electron chi connectivity index (χ4n) is 1.11. The van der Waals surface area contributed by atoms with E-state index in [1.54, 1.807) is 20.8 Å². The molecule has 0 aliphatic rings. The van der Waals surface area contributed by atoms with Gasteiger partial charge in [0.05, 0.1) is 5.41 Å². The first-order valence-electron chi connectivity index (χ1n) is 5.41. The Kier molecular flexibility index (Phi) is 6.55. The van der Waals surface area contributed by atoms with Crippen molar-refractivity contribution < 1.29 is 24.7 Å². The smallest absolute Gasteiger partial charge is 0.311 e. The van der Waals surface area contributed by atoms with E-state index >= 15 is 0 Å². The van der Waals surface area contributed by atoms with E-state index in [0.717, 1.165) is 0 Å². The summed E-state index contributed by atoms with van der Waals surface area (Å²) in [7, 11) is 0. The molecule has 0 amide bonds. The molecule has 0 rings (SSSR count). The maximum Gasteiger partial charge on any atom is 0.311 e. The maximum atomic E-state index is 11.6. The monoisotopic (exact) mass is 234 g/mol. The van der Waals surface area contributed by atoms with Crippen LogP contribution < -0.4 is 0 Å². The standard InChI is InChI=1S/C11H22O5/c1-8(2)6-9(7-14-16-13)15-10(12)11(3,4)5/h8-9,13H,6-7H2,1-5H3. The highest BCUT2D eigenvalue weighted by Crippen LogP contribution is 2.19. The number of rotatable bonds is 6. The van der Waals surface area contributed by atoms with Gasteiger partial charge in [-0.3, -0.25) is 4.79 Å². The van der Waals surface area contributed by atoms with Crippen molar-refractivity contribution in [1.82, 2.24) is 0 Å². The molecule has 0 aliphatic carbocycles. The Morgan fingerprint density at radius 2 is 1.88 bits per heavy atom. The van der Waals surface area contributed by atoms with E-state index in [4.69, 9.17) is 9.99 Å².